The Morgan fingerprint density at radius 1 is 0.929 bits per heavy atom. The molecule has 1 heteroatoms. The molecular weight excluding hydrogens is 236 g/mol. The summed E-state index contributed by atoms with van der Waals surface area (Å²) in [6, 6.07) is 0. The van der Waals surface area contributed by atoms with Gasteiger partial charge in [0.05, 0.1) is 0 Å². The van der Waals surface area contributed by atoms with E-state index in [0.717, 1.165) is 28.5 Å². The molecule has 1 saturated carbocycles. The highest BCUT2D eigenvalue weighted by Gasteiger charge is 2.33. The lowest BCUT2D eigenvalue weighted by Crippen LogP contribution is -2.33. The van der Waals surface area contributed by atoms with Gasteiger partial charge in [0.1, 0.15) is 0 Å². The molecule has 0 aromatic carbocycles. The largest absolute Gasteiger partial charge is 0.0885 e. The molecule has 1 fully saturated rings. The Bertz CT molecular complexity index is 163. The van der Waals surface area contributed by atoms with Gasteiger partial charge >= 0.3 is 0 Å². The first-order chi connectivity index (χ1) is 6.54. The molecule has 0 saturated heterocycles. The van der Waals surface area contributed by atoms with Crippen LogP contribution >= 0.6 is 15.9 Å². The molecule has 0 aliphatic heterocycles. The van der Waals surface area contributed by atoms with Crippen molar-refractivity contribution < 1.29 is 0 Å². The lowest BCUT2D eigenvalue weighted by atomic mass is 9.70. The average Bonchev–Trinajstić information content (AvgIpc) is 2.16. The molecule has 84 valence electrons. The molecule has 14 heavy (non-hydrogen) atoms. The first-order valence-corrected chi connectivity index (χ1v) is 7.09. The molecule has 1 rings (SSSR count). The van der Waals surface area contributed by atoms with E-state index in [4.69, 9.17) is 0 Å². The van der Waals surface area contributed by atoms with Gasteiger partial charge in [0.25, 0.3) is 0 Å². The Balaban J connectivity index is 2.62. The minimum atomic E-state index is 0.732. The molecule has 0 N–H and O–H groups in total. The molecule has 1 aliphatic carbocycles. The minimum absolute atomic E-state index is 0.732. The van der Waals surface area contributed by atoms with Gasteiger partial charge in [-0.1, -0.05) is 56.5 Å². The van der Waals surface area contributed by atoms with Crippen molar-refractivity contribution in [3.8, 4) is 0 Å². The average molecular weight is 261 g/mol. The second-order valence-electron chi connectivity index (χ2n) is 5.54. The highest BCUT2D eigenvalue weighted by Crippen LogP contribution is 2.41. The molecule has 0 bridgehead atoms. The molecule has 0 radical (unpaired) electrons. The third-order valence-corrected chi connectivity index (χ3v) is 5.51. The van der Waals surface area contributed by atoms with Crippen molar-refractivity contribution in [1.29, 1.82) is 0 Å². The molecule has 0 spiro atoms. The summed E-state index contributed by atoms with van der Waals surface area (Å²) in [6.07, 6.45) is 5.80. The summed E-state index contributed by atoms with van der Waals surface area (Å²) in [4.78, 5) is 0.732. The van der Waals surface area contributed by atoms with Gasteiger partial charge in [0.15, 0.2) is 0 Å². The first-order valence-electron chi connectivity index (χ1n) is 6.18. The van der Waals surface area contributed by atoms with Crippen LogP contribution in [0, 0.1) is 23.7 Å². The van der Waals surface area contributed by atoms with Crippen molar-refractivity contribution in [2.24, 2.45) is 23.7 Å². The summed E-state index contributed by atoms with van der Waals surface area (Å²) < 4.78 is 0. The monoisotopic (exact) mass is 260 g/mol. The molecule has 0 amide bonds. The second kappa shape index (κ2) is 5.53. The number of halogens is 1. The van der Waals surface area contributed by atoms with Crippen molar-refractivity contribution in [3.05, 3.63) is 0 Å². The van der Waals surface area contributed by atoms with Crippen LogP contribution in [0.1, 0.15) is 53.4 Å². The van der Waals surface area contributed by atoms with Gasteiger partial charge in [0, 0.05) is 4.83 Å². The normalized spacial score (nSPS) is 31.1. The van der Waals surface area contributed by atoms with Crippen LogP contribution in [0.15, 0.2) is 0 Å². The lowest BCUT2D eigenvalue weighted by Gasteiger charge is -2.38. The third kappa shape index (κ3) is 2.98. The molecule has 1 aliphatic rings. The van der Waals surface area contributed by atoms with E-state index in [-0.39, 0.29) is 0 Å². The van der Waals surface area contributed by atoms with Crippen LogP contribution in [-0.2, 0) is 0 Å². The fraction of sp³-hybridized carbons (Fsp3) is 1.00. The number of rotatable bonds is 3. The van der Waals surface area contributed by atoms with Crippen molar-refractivity contribution >= 4 is 15.9 Å². The quantitative estimate of drug-likeness (QED) is 0.636. The van der Waals surface area contributed by atoms with Gasteiger partial charge in [-0.15, -0.1) is 0 Å². The van der Waals surface area contributed by atoms with Gasteiger partial charge in [-0.25, -0.2) is 0 Å². The Kier molecular flexibility index (Phi) is 4.96. The standard InChI is InChI=1S/C13H25Br/c1-9(2)11-7-5-6-8-12(11)13(14)10(3)4/h9-13H,5-8H2,1-4H3. The molecule has 0 aromatic heterocycles. The molecule has 3 unspecified atom stereocenters. The van der Waals surface area contributed by atoms with Gasteiger partial charge in [-0.3, -0.25) is 0 Å². The number of alkyl halides is 1. The van der Waals surface area contributed by atoms with E-state index in [1.807, 2.05) is 0 Å². The summed E-state index contributed by atoms with van der Waals surface area (Å²) in [5.74, 6) is 3.51. The predicted octanol–water partition coefficient (Wildman–Crippen LogP) is 4.87. The van der Waals surface area contributed by atoms with E-state index in [0.29, 0.717) is 0 Å². The Labute approximate surface area is 98.0 Å². The van der Waals surface area contributed by atoms with Crippen LogP contribution in [0.5, 0.6) is 0 Å². The van der Waals surface area contributed by atoms with Gasteiger partial charge < -0.3 is 0 Å². The summed E-state index contributed by atoms with van der Waals surface area (Å²) in [6.45, 7) is 9.46. The Morgan fingerprint density at radius 3 is 1.86 bits per heavy atom. The minimum Gasteiger partial charge on any atom is -0.0885 e. The Hall–Kier alpha value is 0.480. The van der Waals surface area contributed by atoms with E-state index < -0.39 is 0 Å². The zero-order valence-corrected chi connectivity index (χ0v) is 11.7. The van der Waals surface area contributed by atoms with Crippen LogP contribution in [-0.4, -0.2) is 4.83 Å². The maximum atomic E-state index is 3.91. The highest BCUT2D eigenvalue weighted by atomic mass is 79.9. The predicted molar refractivity (Wildman–Crippen MR) is 67.8 cm³/mol. The van der Waals surface area contributed by atoms with Crippen molar-refractivity contribution in [2.45, 2.75) is 58.2 Å². The van der Waals surface area contributed by atoms with Crippen molar-refractivity contribution in [3.63, 3.8) is 0 Å². The molecular formula is C13H25Br. The van der Waals surface area contributed by atoms with E-state index >= 15 is 0 Å². The topological polar surface area (TPSA) is 0 Å². The fourth-order valence-electron chi connectivity index (χ4n) is 2.91. The first kappa shape index (κ1) is 12.5. The van der Waals surface area contributed by atoms with Crippen LogP contribution < -0.4 is 0 Å². The summed E-state index contributed by atoms with van der Waals surface area (Å²) in [7, 11) is 0. The number of hydrogen-bond acceptors (Lipinski definition) is 0. The van der Waals surface area contributed by atoms with Gasteiger partial charge in [-0.2, -0.15) is 0 Å². The zero-order valence-electron chi connectivity index (χ0n) is 10.1. The van der Waals surface area contributed by atoms with E-state index in [1.54, 1.807) is 0 Å². The van der Waals surface area contributed by atoms with E-state index in [1.165, 1.54) is 25.7 Å². The Morgan fingerprint density at radius 2 is 1.43 bits per heavy atom. The summed E-state index contributed by atoms with van der Waals surface area (Å²) in [5.41, 5.74) is 0. The van der Waals surface area contributed by atoms with Crippen LogP contribution in [0.4, 0.5) is 0 Å². The maximum absolute atomic E-state index is 3.91. The molecule has 0 nitrogen and oxygen atoms in total. The van der Waals surface area contributed by atoms with Crippen LogP contribution in [0.2, 0.25) is 0 Å². The fourth-order valence-corrected chi connectivity index (χ4v) is 3.56. The smallest absolute Gasteiger partial charge is 0.0199 e. The lowest BCUT2D eigenvalue weighted by molar-refractivity contribution is 0.165. The van der Waals surface area contributed by atoms with Crippen LogP contribution in [0.25, 0.3) is 0 Å². The molecule has 0 heterocycles. The van der Waals surface area contributed by atoms with Gasteiger partial charge in [-0.05, 0) is 36.5 Å². The van der Waals surface area contributed by atoms with Gasteiger partial charge in [0.2, 0.25) is 0 Å². The van der Waals surface area contributed by atoms with E-state index in [9.17, 15) is 0 Å². The SMILES string of the molecule is CC(C)C(Br)C1CCCCC1C(C)C. The van der Waals surface area contributed by atoms with Crippen molar-refractivity contribution in [2.75, 3.05) is 0 Å². The summed E-state index contributed by atoms with van der Waals surface area (Å²) >= 11 is 3.91. The highest BCUT2D eigenvalue weighted by molar-refractivity contribution is 9.09. The third-order valence-electron chi connectivity index (χ3n) is 3.78. The summed E-state index contributed by atoms with van der Waals surface area (Å²) in [5, 5.41) is 0. The van der Waals surface area contributed by atoms with Crippen molar-refractivity contribution in [1.82, 2.24) is 0 Å². The number of hydrogen-bond donors (Lipinski definition) is 0. The second-order valence-corrected chi connectivity index (χ2v) is 6.60. The molecule has 3 atom stereocenters. The van der Waals surface area contributed by atoms with Crippen LogP contribution in [0.3, 0.4) is 0 Å². The van der Waals surface area contributed by atoms with E-state index in [2.05, 4.69) is 43.6 Å². The maximum Gasteiger partial charge on any atom is 0.0199 e. The molecule has 0 aromatic rings. The zero-order chi connectivity index (χ0) is 10.7.